The Labute approximate surface area is 97.7 Å². The third kappa shape index (κ3) is 1.56. The molecule has 0 radical (unpaired) electrons. The van der Waals surface area contributed by atoms with Gasteiger partial charge in [0, 0.05) is 17.5 Å². The Kier molecular flexibility index (Phi) is 2.82. The van der Waals surface area contributed by atoms with Crippen molar-refractivity contribution in [2.75, 3.05) is 6.54 Å². The summed E-state index contributed by atoms with van der Waals surface area (Å²) < 4.78 is 1.61. The SMILES string of the molecule is Cc1sc2ncn(C(C)CN)c(=O)c2c1C. The molecule has 2 aromatic rings. The lowest BCUT2D eigenvalue weighted by Crippen LogP contribution is -2.27. The van der Waals surface area contributed by atoms with E-state index in [-0.39, 0.29) is 11.6 Å². The number of rotatable bonds is 2. The summed E-state index contributed by atoms with van der Waals surface area (Å²) in [6.07, 6.45) is 1.59. The molecule has 2 aromatic heterocycles. The Morgan fingerprint density at radius 1 is 1.56 bits per heavy atom. The number of hydrogen-bond acceptors (Lipinski definition) is 4. The van der Waals surface area contributed by atoms with Crippen LogP contribution < -0.4 is 11.3 Å². The van der Waals surface area contributed by atoms with Gasteiger partial charge in [0.1, 0.15) is 4.83 Å². The first-order chi connectivity index (χ1) is 7.56. The first-order valence-corrected chi connectivity index (χ1v) is 6.04. The molecule has 0 spiro atoms. The summed E-state index contributed by atoms with van der Waals surface area (Å²) in [5.41, 5.74) is 6.63. The highest BCUT2D eigenvalue weighted by molar-refractivity contribution is 7.18. The molecule has 4 nitrogen and oxygen atoms in total. The van der Waals surface area contributed by atoms with Crippen LogP contribution >= 0.6 is 11.3 Å². The smallest absolute Gasteiger partial charge is 0.262 e. The fourth-order valence-electron chi connectivity index (χ4n) is 1.68. The van der Waals surface area contributed by atoms with Crippen LogP contribution in [-0.4, -0.2) is 16.1 Å². The molecule has 0 amide bonds. The van der Waals surface area contributed by atoms with E-state index in [1.165, 1.54) is 0 Å². The molecule has 16 heavy (non-hydrogen) atoms. The lowest BCUT2D eigenvalue weighted by molar-refractivity contribution is 0.536. The summed E-state index contributed by atoms with van der Waals surface area (Å²) in [5, 5.41) is 0.741. The first kappa shape index (κ1) is 11.3. The van der Waals surface area contributed by atoms with E-state index in [0.717, 1.165) is 20.7 Å². The number of aryl methyl sites for hydroxylation is 2. The molecule has 2 rings (SSSR count). The fourth-order valence-corrected chi connectivity index (χ4v) is 2.66. The predicted molar refractivity (Wildman–Crippen MR) is 67.1 cm³/mol. The standard InChI is InChI=1S/C11H15N3OS/c1-6(4-12)14-5-13-10-9(11(14)15)7(2)8(3)16-10/h5-6H,4,12H2,1-3H3. The molecule has 0 aliphatic heterocycles. The minimum atomic E-state index is -0.0102. The summed E-state index contributed by atoms with van der Waals surface area (Å²) in [4.78, 5) is 18.5. The third-order valence-electron chi connectivity index (χ3n) is 2.93. The highest BCUT2D eigenvalue weighted by Gasteiger charge is 2.13. The van der Waals surface area contributed by atoms with Gasteiger partial charge < -0.3 is 5.73 Å². The second-order valence-corrected chi connectivity index (χ2v) is 5.21. The van der Waals surface area contributed by atoms with Crippen LogP contribution in [0.3, 0.4) is 0 Å². The molecular formula is C11H15N3OS. The van der Waals surface area contributed by atoms with Crippen LogP contribution in [0.5, 0.6) is 0 Å². The molecule has 86 valence electrons. The lowest BCUT2D eigenvalue weighted by Gasteiger charge is -2.11. The van der Waals surface area contributed by atoms with E-state index < -0.39 is 0 Å². The zero-order chi connectivity index (χ0) is 11.9. The number of aromatic nitrogens is 2. The van der Waals surface area contributed by atoms with Crippen LogP contribution in [0, 0.1) is 13.8 Å². The van der Waals surface area contributed by atoms with Crippen LogP contribution in [0.25, 0.3) is 10.2 Å². The molecule has 5 heteroatoms. The van der Waals surface area contributed by atoms with Crippen LogP contribution in [-0.2, 0) is 0 Å². The lowest BCUT2D eigenvalue weighted by atomic mass is 10.2. The van der Waals surface area contributed by atoms with Crippen LogP contribution in [0.2, 0.25) is 0 Å². The monoisotopic (exact) mass is 237 g/mol. The number of nitrogens with two attached hydrogens (primary N) is 1. The van der Waals surface area contributed by atoms with E-state index in [0.29, 0.717) is 6.54 Å². The maximum absolute atomic E-state index is 12.2. The van der Waals surface area contributed by atoms with Gasteiger partial charge in [0.2, 0.25) is 0 Å². The zero-order valence-electron chi connectivity index (χ0n) is 9.65. The van der Waals surface area contributed by atoms with Crippen LogP contribution in [0.15, 0.2) is 11.1 Å². The number of hydrogen-bond donors (Lipinski definition) is 1. The molecule has 0 aliphatic rings. The Balaban J connectivity index is 2.78. The van der Waals surface area contributed by atoms with Gasteiger partial charge in [-0.2, -0.15) is 0 Å². The summed E-state index contributed by atoms with van der Waals surface area (Å²) in [5.74, 6) is 0. The highest BCUT2D eigenvalue weighted by atomic mass is 32.1. The van der Waals surface area contributed by atoms with Crippen molar-refractivity contribution in [2.24, 2.45) is 5.73 Å². The van der Waals surface area contributed by atoms with Gasteiger partial charge in [-0.3, -0.25) is 9.36 Å². The van der Waals surface area contributed by atoms with Crippen molar-refractivity contribution in [3.8, 4) is 0 Å². The Bertz CT molecular complexity index is 585. The second kappa shape index (κ2) is 3.99. The number of nitrogens with zero attached hydrogens (tertiary/aromatic N) is 2. The molecule has 0 fully saturated rings. The number of fused-ring (bicyclic) bond motifs is 1. The van der Waals surface area contributed by atoms with Gasteiger partial charge in [-0.1, -0.05) is 0 Å². The average Bonchev–Trinajstić information content (AvgIpc) is 2.55. The average molecular weight is 237 g/mol. The van der Waals surface area contributed by atoms with E-state index in [2.05, 4.69) is 4.98 Å². The van der Waals surface area contributed by atoms with Crippen molar-refractivity contribution in [3.63, 3.8) is 0 Å². The predicted octanol–water partition coefficient (Wildman–Crippen LogP) is 1.59. The maximum atomic E-state index is 12.2. The molecular weight excluding hydrogens is 222 g/mol. The van der Waals surface area contributed by atoms with Crippen molar-refractivity contribution in [2.45, 2.75) is 26.8 Å². The fraction of sp³-hybridized carbons (Fsp3) is 0.455. The zero-order valence-corrected chi connectivity index (χ0v) is 10.5. The van der Waals surface area contributed by atoms with Gasteiger partial charge in [-0.15, -0.1) is 11.3 Å². The van der Waals surface area contributed by atoms with Crippen molar-refractivity contribution in [3.05, 3.63) is 27.1 Å². The van der Waals surface area contributed by atoms with Crippen molar-refractivity contribution >= 4 is 21.6 Å². The highest BCUT2D eigenvalue weighted by Crippen LogP contribution is 2.25. The van der Waals surface area contributed by atoms with Gasteiger partial charge in [-0.25, -0.2) is 4.98 Å². The summed E-state index contributed by atoms with van der Waals surface area (Å²) >= 11 is 1.57. The molecule has 1 unspecified atom stereocenters. The third-order valence-corrected chi connectivity index (χ3v) is 4.05. The Morgan fingerprint density at radius 2 is 2.25 bits per heavy atom. The van der Waals surface area contributed by atoms with E-state index >= 15 is 0 Å². The molecule has 2 N–H and O–H groups in total. The van der Waals surface area contributed by atoms with Crippen molar-refractivity contribution in [1.82, 2.24) is 9.55 Å². The van der Waals surface area contributed by atoms with Gasteiger partial charge >= 0.3 is 0 Å². The van der Waals surface area contributed by atoms with Crippen LogP contribution in [0.1, 0.15) is 23.4 Å². The van der Waals surface area contributed by atoms with Crippen molar-refractivity contribution in [1.29, 1.82) is 0 Å². The molecule has 0 saturated heterocycles. The van der Waals surface area contributed by atoms with E-state index in [1.807, 2.05) is 20.8 Å². The molecule has 0 aliphatic carbocycles. The largest absolute Gasteiger partial charge is 0.328 e. The van der Waals surface area contributed by atoms with E-state index in [4.69, 9.17) is 5.73 Å². The summed E-state index contributed by atoms with van der Waals surface area (Å²) in [6, 6.07) is -0.0102. The Morgan fingerprint density at radius 3 is 2.88 bits per heavy atom. The number of thiophene rings is 1. The summed E-state index contributed by atoms with van der Waals surface area (Å²) in [6.45, 7) is 6.34. The van der Waals surface area contributed by atoms with E-state index in [9.17, 15) is 4.79 Å². The van der Waals surface area contributed by atoms with Crippen LogP contribution in [0.4, 0.5) is 0 Å². The van der Waals surface area contributed by atoms with Gasteiger partial charge in [0.15, 0.2) is 0 Å². The van der Waals surface area contributed by atoms with Crippen molar-refractivity contribution < 1.29 is 0 Å². The minimum absolute atomic E-state index is 0.0102. The summed E-state index contributed by atoms with van der Waals surface area (Å²) in [7, 11) is 0. The second-order valence-electron chi connectivity index (χ2n) is 4.01. The molecule has 0 saturated carbocycles. The quantitative estimate of drug-likeness (QED) is 0.863. The maximum Gasteiger partial charge on any atom is 0.262 e. The minimum Gasteiger partial charge on any atom is -0.328 e. The van der Waals surface area contributed by atoms with E-state index in [1.54, 1.807) is 22.2 Å². The van der Waals surface area contributed by atoms with Gasteiger partial charge in [0.25, 0.3) is 5.56 Å². The molecule has 2 heterocycles. The topological polar surface area (TPSA) is 60.9 Å². The molecule has 0 bridgehead atoms. The first-order valence-electron chi connectivity index (χ1n) is 5.23. The molecule has 1 atom stereocenters. The van der Waals surface area contributed by atoms with Gasteiger partial charge in [0.05, 0.1) is 11.7 Å². The normalized spacial score (nSPS) is 13.2. The Hall–Kier alpha value is -1.20. The molecule has 0 aromatic carbocycles. The van der Waals surface area contributed by atoms with Gasteiger partial charge in [-0.05, 0) is 26.3 Å².